The van der Waals surface area contributed by atoms with E-state index in [1.807, 2.05) is 13.8 Å². The van der Waals surface area contributed by atoms with E-state index in [0.717, 1.165) is 0 Å². The van der Waals surface area contributed by atoms with Gasteiger partial charge in [0.1, 0.15) is 6.61 Å². The van der Waals surface area contributed by atoms with Crippen LogP contribution in [0.4, 0.5) is 0 Å². The highest BCUT2D eigenvalue weighted by molar-refractivity contribution is 9.10. The van der Waals surface area contributed by atoms with E-state index in [-0.39, 0.29) is 35.0 Å². The van der Waals surface area contributed by atoms with Gasteiger partial charge in [-0.15, -0.1) is 0 Å². The fourth-order valence-corrected chi connectivity index (χ4v) is 1.69. The van der Waals surface area contributed by atoms with Crippen molar-refractivity contribution in [1.82, 2.24) is 4.98 Å². The summed E-state index contributed by atoms with van der Waals surface area (Å²) in [7, 11) is 0. The number of fused-ring (bicyclic) bond motifs is 1. The zero-order valence-electron chi connectivity index (χ0n) is 11.3. The van der Waals surface area contributed by atoms with E-state index in [1.165, 1.54) is 13.1 Å². The topological polar surface area (TPSA) is 89.6 Å². The highest BCUT2D eigenvalue weighted by Crippen LogP contribution is 2.32. The SMILES string of the molecule is CC.CC(=O)COc1c(C(=O)O)oc2cc(Br)cnc12. The molecule has 0 unspecified atom stereocenters. The second-order valence-corrected chi connectivity index (χ2v) is 4.47. The molecule has 20 heavy (non-hydrogen) atoms. The smallest absolute Gasteiger partial charge is 0.375 e. The second-order valence-electron chi connectivity index (χ2n) is 3.56. The van der Waals surface area contributed by atoms with Crippen LogP contribution in [0.15, 0.2) is 21.2 Å². The molecule has 0 spiro atoms. The van der Waals surface area contributed by atoms with Crippen molar-refractivity contribution in [3.63, 3.8) is 0 Å². The number of carbonyl (C=O) groups excluding carboxylic acids is 1. The number of carboxylic acid groups (broad SMARTS) is 1. The molecule has 0 aliphatic heterocycles. The van der Waals surface area contributed by atoms with E-state index < -0.39 is 5.97 Å². The number of Topliss-reactive ketones (excluding diaryl/α,β-unsaturated/α-hetero) is 1. The molecule has 108 valence electrons. The van der Waals surface area contributed by atoms with Gasteiger partial charge in [0.15, 0.2) is 22.6 Å². The van der Waals surface area contributed by atoms with Crippen LogP contribution >= 0.6 is 15.9 Å². The summed E-state index contributed by atoms with van der Waals surface area (Å²) in [6.07, 6.45) is 1.49. The number of rotatable bonds is 4. The fourth-order valence-electron chi connectivity index (χ4n) is 1.38. The van der Waals surface area contributed by atoms with Crippen LogP contribution in [-0.4, -0.2) is 28.4 Å². The third-order valence-electron chi connectivity index (χ3n) is 2.07. The van der Waals surface area contributed by atoms with Crippen molar-refractivity contribution in [2.24, 2.45) is 0 Å². The molecule has 0 radical (unpaired) electrons. The van der Waals surface area contributed by atoms with Gasteiger partial charge in [0.25, 0.3) is 5.76 Å². The Balaban J connectivity index is 0.000000956. The van der Waals surface area contributed by atoms with Crippen LogP contribution in [0, 0.1) is 0 Å². The minimum absolute atomic E-state index is 0.0276. The zero-order chi connectivity index (χ0) is 15.3. The summed E-state index contributed by atoms with van der Waals surface area (Å²) in [5.41, 5.74) is 0.553. The number of aromatic carboxylic acids is 1. The highest BCUT2D eigenvalue weighted by atomic mass is 79.9. The van der Waals surface area contributed by atoms with Gasteiger partial charge in [-0.1, -0.05) is 13.8 Å². The third kappa shape index (κ3) is 3.57. The van der Waals surface area contributed by atoms with Crippen molar-refractivity contribution < 1.29 is 23.8 Å². The fraction of sp³-hybridized carbons (Fsp3) is 0.308. The molecular weight excluding hydrogens is 330 g/mol. The number of carboxylic acids is 1. The number of pyridine rings is 1. The van der Waals surface area contributed by atoms with Gasteiger partial charge in [0.05, 0.1) is 0 Å². The molecule has 0 saturated carbocycles. The number of ketones is 1. The summed E-state index contributed by atoms with van der Waals surface area (Å²) in [6.45, 7) is 5.11. The molecule has 0 bridgehead atoms. The number of hydrogen-bond acceptors (Lipinski definition) is 5. The van der Waals surface area contributed by atoms with Crippen LogP contribution in [0.1, 0.15) is 31.3 Å². The summed E-state index contributed by atoms with van der Waals surface area (Å²) in [5, 5.41) is 9.00. The normalized spacial score (nSPS) is 9.80. The van der Waals surface area contributed by atoms with E-state index in [4.69, 9.17) is 14.3 Å². The lowest BCUT2D eigenvalue weighted by Crippen LogP contribution is -2.08. The molecule has 2 aromatic rings. The number of aromatic nitrogens is 1. The zero-order valence-corrected chi connectivity index (χ0v) is 12.9. The van der Waals surface area contributed by atoms with Crippen molar-refractivity contribution in [2.75, 3.05) is 6.61 Å². The number of halogens is 1. The molecule has 0 aliphatic rings. The van der Waals surface area contributed by atoms with E-state index in [9.17, 15) is 9.59 Å². The first kappa shape index (κ1) is 16.2. The number of hydrogen-bond donors (Lipinski definition) is 1. The number of carbonyl (C=O) groups is 2. The van der Waals surface area contributed by atoms with Gasteiger partial charge >= 0.3 is 5.97 Å². The average Bonchev–Trinajstić information content (AvgIpc) is 2.76. The van der Waals surface area contributed by atoms with Crippen LogP contribution in [0.2, 0.25) is 0 Å². The van der Waals surface area contributed by atoms with Gasteiger partial charge in [0.2, 0.25) is 0 Å². The summed E-state index contributed by atoms with van der Waals surface area (Å²) < 4.78 is 10.9. The van der Waals surface area contributed by atoms with Gasteiger partial charge in [-0.3, -0.25) is 4.79 Å². The lowest BCUT2D eigenvalue weighted by atomic mass is 10.3. The Hall–Kier alpha value is -1.89. The summed E-state index contributed by atoms with van der Waals surface area (Å²) in [5.74, 6) is -1.89. The van der Waals surface area contributed by atoms with Crippen molar-refractivity contribution in [2.45, 2.75) is 20.8 Å². The molecule has 2 heterocycles. The Kier molecular flexibility index (Phi) is 5.69. The number of ether oxygens (including phenoxy) is 1. The van der Waals surface area contributed by atoms with Crippen molar-refractivity contribution in [3.05, 3.63) is 22.5 Å². The molecule has 0 saturated heterocycles. The average molecular weight is 344 g/mol. The monoisotopic (exact) mass is 343 g/mol. The van der Waals surface area contributed by atoms with Gasteiger partial charge in [-0.05, 0) is 28.9 Å². The maximum Gasteiger partial charge on any atom is 0.375 e. The molecule has 0 aliphatic carbocycles. The van der Waals surface area contributed by atoms with Crippen molar-refractivity contribution in [1.29, 1.82) is 0 Å². The second kappa shape index (κ2) is 7.04. The first-order valence-corrected chi connectivity index (χ1v) is 6.72. The molecule has 2 rings (SSSR count). The Morgan fingerprint density at radius 2 is 2.10 bits per heavy atom. The minimum atomic E-state index is -1.28. The molecule has 0 aromatic carbocycles. The van der Waals surface area contributed by atoms with E-state index in [0.29, 0.717) is 4.47 Å². The van der Waals surface area contributed by atoms with Gasteiger partial charge in [0, 0.05) is 10.7 Å². The predicted molar refractivity (Wildman–Crippen MR) is 76.2 cm³/mol. The lowest BCUT2D eigenvalue weighted by Gasteiger charge is -2.01. The minimum Gasteiger partial charge on any atom is -0.479 e. The standard InChI is InChI=1S/C11H8BrNO5.C2H6/c1-5(14)4-17-9-8-7(2-6(12)3-13-8)18-10(9)11(15)16;1-2/h2-3H,4H2,1H3,(H,15,16);1-2H3. The first-order valence-electron chi connectivity index (χ1n) is 5.92. The molecule has 1 N–H and O–H groups in total. The summed E-state index contributed by atoms with van der Waals surface area (Å²) in [6, 6.07) is 1.58. The molecular formula is C13H14BrNO5. The van der Waals surface area contributed by atoms with E-state index in [1.54, 1.807) is 6.07 Å². The maximum atomic E-state index is 11.0. The van der Waals surface area contributed by atoms with Gasteiger partial charge in [-0.2, -0.15) is 0 Å². The van der Waals surface area contributed by atoms with Crippen molar-refractivity contribution in [3.8, 4) is 5.75 Å². The van der Waals surface area contributed by atoms with Crippen LogP contribution in [0.25, 0.3) is 11.1 Å². The first-order chi connectivity index (χ1) is 9.49. The van der Waals surface area contributed by atoms with Crippen LogP contribution in [-0.2, 0) is 4.79 Å². The molecule has 0 atom stereocenters. The van der Waals surface area contributed by atoms with Crippen LogP contribution < -0.4 is 4.74 Å². The predicted octanol–water partition coefficient (Wildman–Crippen LogP) is 3.28. The summed E-state index contributed by atoms with van der Waals surface area (Å²) in [4.78, 5) is 25.9. The van der Waals surface area contributed by atoms with E-state index >= 15 is 0 Å². The van der Waals surface area contributed by atoms with Crippen molar-refractivity contribution >= 4 is 38.8 Å². The number of furan rings is 1. The van der Waals surface area contributed by atoms with Crippen LogP contribution in [0.3, 0.4) is 0 Å². The quantitative estimate of drug-likeness (QED) is 0.915. The van der Waals surface area contributed by atoms with Gasteiger partial charge in [-0.25, -0.2) is 9.78 Å². The Bertz CT molecular complexity index is 635. The van der Waals surface area contributed by atoms with Crippen LogP contribution in [0.5, 0.6) is 5.75 Å². The number of nitrogens with zero attached hydrogens (tertiary/aromatic N) is 1. The Morgan fingerprint density at radius 3 is 2.65 bits per heavy atom. The largest absolute Gasteiger partial charge is 0.479 e. The summed E-state index contributed by atoms with van der Waals surface area (Å²) >= 11 is 3.20. The molecule has 0 fully saturated rings. The van der Waals surface area contributed by atoms with Gasteiger partial charge < -0.3 is 14.3 Å². The molecule has 2 aromatic heterocycles. The molecule has 6 nitrogen and oxygen atoms in total. The van der Waals surface area contributed by atoms with E-state index in [2.05, 4.69) is 20.9 Å². The Labute approximate surface area is 123 Å². The molecule has 0 amide bonds. The molecule has 7 heteroatoms. The highest BCUT2D eigenvalue weighted by Gasteiger charge is 2.23. The maximum absolute atomic E-state index is 11.0. The third-order valence-corrected chi connectivity index (χ3v) is 2.50. The Morgan fingerprint density at radius 1 is 1.45 bits per heavy atom. The lowest BCUT2D eigenvalue weighted by molar-refractivity contribution is -0.118.